The fourth-order valence-corrected chi connectivity index (χ4v) is 7.36. The van der Waals surface area contributed by atoms with E-state index in [1.807, 2.05) is 24.3 Å². The summed E-state index contributed by atoms with van der Waals surface area (Å²) >= 11 is 0. The van der Waals surface area contributed by atoms with Gasteiger partial charge in [0, 0.05) is 22.3 Å². The van der Waals surface area contributed by atoms with Crippen molar-refractivity contribution in [2.75, 3.05) is 0 Å². The molecule has 9 aromatic rings. The molecule has 0 saturated carbocycles. The van der Waals surface area contributed by atoms with Crippen molar-refractivity contribution in [1.29, 1.82) is 0 Å². The molecule has 0 unspecified atom stereocenters. The predicted octanol–water partition coefficient (Wildman–Crippen LogP) is 12.7. The van der Waals surface area contributed by atoms with Gasteiger partial charge in [0.2, 0.25) is 0 Å². The van der Waals surface area contributed by atoms with Crippen LogP contribution in [-0.4, -0.2) is 0 Å². The summed E-state index contributed by atoms with van der Waals surface area (Å²) in [6.07, 6.45) is 0. The zero-order valence-corrected chi connectivity index (χ0v) is 24.8. The van der Waals surface area contributed by atoms with Gasteiger partial charge in [-0.3, -0.25) is 0 Å². The Morgan fingerprint density at radius 1 is 0.370 bits per heavy atom. The molecule has 0 radical (unpaired) electrons. The number of fused-ring (bicyclic) bond motifs is 8. The highest BCUT2D eigenvalue weighted by Gasteiger charge is 2.29. The van der Waals surface area contributed by atoms with E-state index in [2.05, 4.69) is 133 Å². The van der Waals surface area contributed by atoms with Gasteiger partial charge in [0.05, 0.1) is 5.39 Å². The van der Waals surface area contributed by atoms with Crippen LogP contribution in [0.5, 0.6) is 11.5 Å². The first kappa shape index (κ1) is 25.2. The van der Waals surface area contributed by atoms with Crippen LogP contribution in [0.15, 0.2) is 162 Å². The highest BCUT2D eigenvalue weighted by Crippen LogP contribution is 2.54. The largest absolute Gasteiger partial charge is 0.455 e. The van der Waals surface area contributed by atoms with Crippen molar-refractivity contribution in [2.24, 2.45) is 0 Å². The van der Waals surface area contributed by atoms with Gasteiger partial charge >= 0.3 is 0 Å². The topological polar surface area (TPSA) is 22.4 Å². The Balaban J connectivity index is 1.10. The van der Waals surface area contributed by atoms with Crippen LogP contribution in [0, 0.1) is 0 Å². The van der Waals surface area contributed by atoms with Gasteiger partial charge in [-0.25, -0.2) is 0 Å². The molecule has 2 heterocycles. The summed E-state index contributed by atoms with van der Waals surface area (Å²) in [5.41, 5.74) is 8.58. The van der Waals surface area contributed by atoms with Gasteiger partial charge in [-0.05, 0) is 67.2 Å². The van der Waals surface area contributed by atoms with Crippen molar-refractivity contribution < 1.29 is 9.15 Å². The standard InChI is InChI=1S/C44H26O2/c1-2-10-29(11-3-1)43-41-37-17-8-16-31(44(37)46-40-19-9-18-39(45-43)42(40)41)28-22-20-27(21-23-28)30-24-25-36-34-14-5-4-12-32(34)33-13-6-7-15-35(33)38(36)26-30/h1-26H. The second-order valence-electron chi connectivity index (χ2n) is 12.0. The molecule has 0 fully saturated rings. The van der Waals surface area contributed by atoms with Gasteiger partial charge in [0.15, 0.2) is 0 Å². The van der Waals surface area contributed by atoms with E-state index in [4.69, 9.17) is 9.15 Å². The van der Waals surface area contributed by atoms with Crippen LogP contribution < -0.4 is 4.74 Å². The summed E-state index contributed by atoms with van der Waals surface area (Å²) < 4.78 is 13.1. The van der Waals surface area contributed by atoms with Crippen LogP contribution in [0.4, 0.5) is 0 Å². The quantitative estimate of drug-likeness (QED) is 0.192. The highest BCUT2D eigenvalue weighted by atomic mass is 16.5. The zero-order valence-electron chi connectivity index (χ0n) is 24.8. The molecular formula is C44H26O2. The van der Waals surface area contributed by atoms with Gasteiger partial charge in [0.25, 0.3) is 0 Å². The minimum atomic E-state index is 0.825. The van der Waals surface area contributed by atoms with Crippen molar-refractivity contribution in [1.82, 2.24) is 0 Å². The van der Waals surface area contributed by atoms with Crippen LogP contribution in [0.25, 0.3) is 88.0 Å². The Bertz CT molecular complexity index is 2610. The van der Waals surface area contributed by atoms with Crippen LogP contribution in [0.2, 0.25) is 0 Å². The Hall–Kier alpha value is -6.12. The van der Waals surface area contributed by atoms with Gasteiger partial charge in [0.1, 0.15) is 22.8 Å². The van der Waals surface area contributed by atoms with Crippen LogP contribution in [-0.2, 0) is 0 Å². The van der Waals surface area contributed by atoms with E-state index in [1.54, 1.807) is 0 Å². The fraction of sp³-hybridized carbons (Fsp3) is 0. The lowest BCUT2D eigenvalue weighted by molar-refractivity contribution is 0.489. The molecule has 0 aliphatic carbocycles. The second-order valence-corrected chi connectivity index (χ2v) is 12.0. The summed E-state index contributed by atoms with van der Waals surface area (Å²) in [5, 5.41) is 8.75. The molecule has 1 aromatic heterocycles. The molecule has 1 aliphatic rings. The van der Waals surface area contributed by atoms with Gasteiger partial charge in [-0.1, -0.05) is 140 Å². The molecule has 0 N–H and O–H groups in total. The maximum atomic E-state index is 6.66. The van der Waals surface area contributed by atoms with E-state index in [-0.39, 0.29) is 0 Å². The van der Waals surface area contributed by atoms with Gasteiger partial charge in [-0.2, -0.15) is 0 Å². The van der Waals surface area contributed by atoms with E-state index in [0.717, 1.165) is 56.0 Å². The molecule has 46 heavy (non-hydrogen) atoms. The highest BCUT2D eigenvalue weighted by molar-refractivity contribution is 6.25. The summed E-state index contributed by atoms with van der Waals surface area (Å²) in [6.45, 7) is 0. The van der Waals surface area contributed by atoms with Crippen molar-refractivity contribution >= 4 is 43.3 Å². The van der Waals surface area contributed by atoms with E-state index >= 15 is 0 Å². The molecule has 10 rings (SSSR count). The Labute approximate surface area is 265 Å². The smallest absolute Gasteiger partial charge is 0.143 e. The molecule has 1 aliphatic heterocycles. The van der Waals surface area contributed by atoms with E-state index < -0.39 is 0 Å². The van der Waals surface area contributed by atoms with E-state index in [0.29, 0.717) is 0 Å². The number of ether oxygens (including phenoxy) is 1. The predicted molar refractivity (Wildman–Crippen MR) is 191 cm³/mol. The third-order valence-corrected chi connectivity index (χ3v) is 9.48. The normalized spacial score (nSPS) is 12.1. The van der Waals surface area contributed by atoms with Crippen LogP contribution in [0.3, 0.4) is 0 Å². The van der Waals surface area contributed by atoms with Gasteiger partial charge in [-0.15, -0.1) is 0 Å². The first-order valence-electron chi connectivity index (χ1n) is 15.7. The molecular weight excluding hydrogens is 560 g/mol. The first-order valence-corrected chi connectivity index (χ1v) is 15.7. The molecule has 8 aromatic carbocycles. The Morgan fingerprint density at radius 3 is 1.70 bits per heavy atom. The molecule has 2 heteroatoms. The van der Waals surface area contributed by atoms with Crippen LogP contribution >= 0.6 is 0 Å². The van der Waals surface area contributed by atoms with Crippen molar-refractivity contribution in [3.05, 3.63) is 158 Å². The average molecular weight is 587 g/mol. The molecule has 214 valence electrons. The fourth-order valence-electron chi connectivity index (χ4n) is 7.36. The number of hydrogen-bond donors (Lipinski definition) is 0. The third-order valence-electron chi connectivity index (χ3n) is 9.48. The molecule has 0 bridgehead atoms. The Kier molecular flexibility index (Phi) is 5.31. The summed E-state index contributed by atoms with van der Waals surface area (Å²) in [5.74, 6) is 2.56. The average Bonchev–Trinajstić information content (AvgIpc) is 3.53. The maximum absolute atomic E-state index is 6.66. The van der Waals surface area contributed by atoms with Gasteiger partial charge < -0.3 is 9.15 Å². The van der Waals surface area contributed by atoms with Crippen LogP contribution in [0.1, 0.15) is 0 Å². The summed E-state index contributed by atoms with van der Waals surface area (Å²) in [4.78, 5) is 0. The number of furan rings is 1. The molecule has 2 nitrogen and oxygen atoms in total. The van der Waals surface area contributed by atoms with E-state index in [9.17, 15) is 0 Å². The number of benzene rings is 8. The minimum absolute atomic E-state index is 0.825. The maximum Gasteiger partial charge on any atom is 0.143 e. The minimum Gasteiger partial charge on any atom is -0.455 e. The molecule has 0 spiro atoms. The monoisotopic (exact) mass is 586 g/mol. The summed E-state index contributed by atoms with van der Waals surface area (Å²) in [7, 11) is 0. The van der Waals surface area contributed by atoms with Crippen molar-refractivity contribution in [3.63, 3.8) is 0 Å². The zero-order chi connectivity index (χ0) is 30.2. The molecule has 0 saturated heterocycles. The van der Waals surface area contributed by atoms with E-state index in [1.165, 1.54) is 43.4 Å². The van der Waals surface area contributed by atoms with Crippen molar-refractivity contribution in [2.45, 2.75) is 0 Å². The third kappa shape index (κ3) is 3.65. The number of hydrogen-bond acceptors (Lipinski definition) is 2. The molecule has 0 atom stereocenters. The SMILES string of the molecule is c1ccc(-c2oc3cccc4c3c2-c2cccc(-c3ccc(-c5ccc6c7ccccc7c7ccccc7c6c5)cc3)c2O4)cc1. The second kappa shape index (κ2) is 9.69. The number of rotatable bonds is 3. The molecule has 0 amide bonds. The lowest BCUT2D eigenvalue weighted by atomic mass is 9.90. The lowest BCUT2D eigenvalue weighted by Crippen LogP contribution is -1.98. The first-order chi connectivity index (χ1) is 22.8. The summed E-state index contributed by atoms with van der Waals surface area (Å²) in [6, 6.07) is 56.0. The Morgan fingerprint density at radius 2 is 0.957 bits per heavy atom. The lowest BCUT2D eigenvalue weighted by Gasteiger charge is -2.21. The van der Waals surface area contributed by atoms with Crippen molar-refractivity contribution in [3.8, 4) is 56.2 Å². The number of para-hydroxylation sites is 1.